The Morgan fingerprint density at radius 1 is 1.24 bits per heavy atom. The Morgan fingerprint density at radius 3 is 2.66 bits per heavy atom. The summed E-state index contributed by atoms with van der Waals surface area (Å²) < 4.78 is 15.3. The number of nitrogens with one attached hydrogen (secondary N) is 1. The largest absolute Gasteiger partial charge is 0.465 e. The van der Waals surface area contributed by atoms with Crippen molar-refractivity contribution in [3.63, 3.8) is 0 Å². The lowest BCUT2D eigenvalue weighted by molar-refractivity contribution is 0.141. The van der Waals surface area contributed by atoms with E-state index in [1.165, 1.54) is 12.1 Å². The summed E-state index contributed by atoms with van der Waals surface area (Å²) in [5.41, 5.74) is 3.03. The van der Waals surface area contributed by atoms with E-state index in [4.69, 9.17) is 9.94 Å². The van der Waals surface area contributed by atoms with Crippen molar-refractivity contribution in [2.24, 2.45) is 11.1 Å². The fourth-order valence-corrected chi connectivity index (χ4v) is 2.92. The molecule has 0 aliphatic carbocycles. The van der Waals surface area contributed by atoms with Crippen LogP contribution in [0.2, 0.25) is 0 Å². The van der Waals surface area contributed by atoms with Gasteiger partial charge in [0.05, 0.1) is 18.3 Å². The minimum atomic E-state index is -1.12. The number of hydrogen-bond donors (Lipinski definition) is 2. The zero-order valence-electron chi connectivity index (χ0n) is 16.3. The Bertz CT molecular complexity index is 1010. The normalized spacial score (nSPS) is 11.8. The fourth-order valence-electron chi connectivity index (χ4n) is 2.92. The maximum atomic E-state index is 13.3. The average Bonchev–Trinajstić information content (AvgIpc) is 3.07. The number of oxime groups is 1. The molecule has 3 rings (SSSR count). The van der Waals surface area contributed by atoms with Gasteiger partial charge in [0.2, 0.25) is 0 Å². The Kier molecular flexibility index (Phi) is 6.43. The summed E-state index contributed by atoms with van der Waals surface area (Å²) in [5, 5.41) is 20.4. The minimum Gasteiger partial charge on any atom is -0.465 e. The molecule has 1 aromatic heterocycles. The van der Waals surface area contributed by atoms with Crippen molar-refractivity contribution in [3.05, 3.63) is 65.6 Å². The minimum absolute atomic E-state index is 0.0750. The number of rotatable bonds is 8. The quantitative estimate of drug-likeness (QED) is 0.342. The van der Waals surface area contributed by atoms with Crippen LogP contribution in [0, 0.1) is 11.7 Å². The number of benzene rings is 2. The van der Waals surface area contributed by atoms with Crippen molar-refractivity contribution in [1.82, 2.24) is 15.1 Å². The van der Waals surface area contributed by atoms with Gasteiger partial charge < -0.3 is 15.3 Å². The number of hydrogen-bond acceptors (Lipinski definition) is 4. The average molecular weight is 398 g/mol. The maximum Gasteiger partial charge on any atom is 0.404 e. The highest BCUT2D eigenvalue weighted by Gasteiger charge is 2.12. The summed E-state index contributed by atoms with van der Waals surface area (Å²) in [6, 6.07) is 11.8. The molecule has 29 heavy (non-hydrogen) atoms. The highest BCUT2D eigenvalue weighted by molar-refractivity contribution is 6.13. The molecule has 2 N–H and O–H groups in total. The first kappa shape index (κ1) is 20.3. The Labute approximate surface area is 167 Å². The van der Waals surface area contributed by atoms with Gasteiger partial charge in [0.15, 0.2) is 0 Å². The first-order valence-electron chi connectivity index (χ1n) is 9.32. The topological polar surface area (TPSA) is 88.7 Å². The molecule has 2 aromatic carbocycles. The van der Waals surface area contributed by atoms with E-state index in [9.17, 15) is 9.18 Å². The zero-order chi connectivity index (χ0) is 20.8. The van der Waals surface area contributed by atoms with Gasteiger partial charge >= 0.3 is 6.09 Å². The summed E-state index contributed by atoms with van der Waals surface area (Å²) >= 11 is 0. The Hall–Kier alpha value is -3.42. The van der Waals surface area contributed by atoms with Crippen molar-refractivity contribution in [3.8, 4) is 0 Å². The molecule has 1 heterocycles. The third-order valence-corrected chi connectivity index (χ3v) is 4.20. The summed E-state index contributed by atoms with van der Waals surface area (Å²) in [6.45, 7) is 5.28. The molecule has 8 heteroatoms. The SMILES string of the molecule is CC(C)Cn1ncc2cc(/C(=N\OCCNC(=O)O)c3ccc(F)cc3)ccc21. The van der Waals surface area contributed by atoms with E-state index < -0.39 is 6.09 Å². The van der Waals surface area contributed by atoms with Gasteiger partial charge in [0.25, 0.3) is 0 Å². The van der Waals surface area contributed by atoms with Gasteiger partial charge in [-0.15, -0.1) is 0 Å². The second-order valence-corrected chi connectivity index (χ2v) is 7.01. The van der Waals surface area contributed by atoms with Crippen LogP contribution >= 0.6 is 0 Å². The Morgan fingerprint density at radius 2 is 1.97 bits per heavy atom. The summed E-state index contributed by atoms with van der Waals surface area (Å²) in [6.07, 6.45) is 0.682. The third kappa shape index (κ3) is 5.31. The van der Waals surface area contributed by atoms with Crippen molar-refractivity contribution in [2.45, 2.75) is 20.4 Å². The number of nitrogens with zero attached hydrogens (tertiary/aromatic N) is 3. The summed E-state index contributed by atoms with van der Waals surface area (Å²) in [7, 11) is 0. The van der Waals surface area contributed by atoms with Gasteiger partial charge in [0.1, 0.15) is 18.1 Å². The number of carbonyl (C=O) groups is 1. The van der Waals surface area contributed by atoms with Crippen LogP contribution in [0.5, 0.6) is 0 Å². The van der Waals surface area contributed by atoms with E-state index in [-0.39, 0.29) is 19.0 Å². The molecule has 0 fully saturated rings. The predicted molar refractivity (Wildman–Crippen MR) is 109 cm³/mol. The van der Waals surface area contributed by atoms with Crippen LogP contribution in [0.4, 0.5) is 9.18 Å². The molecule has 0 radical (unpaired) electrons. The number of aromatic nitrogens is 2. The molecule has 152 valence electrons. The molecule has 0 atom stereocenters. The first-order chi connectivity index (χ1) is 13.9. The van der Waals surface area contributed by atoms with Crippen molar-refractivity contribution in [1.29, 1.82) is 0 Å². The number of carboxylic acid groups (broad SMARTS) is 1. The highest BCUT2D eigenvalue weighted by Crippen LogP contribution is 2.20. The predicted octanol–water partition coefficient (Wildman–Crippen LogP) is 3.87. The van der Waals surface area contributed by atoms with Crippen LogP contribution < -0.4 is 5.32 Å². The smallest absolute Gasteiger partial charge is 0.404 e. The lowest BCUT2D eigenvalue weighted by Crippen LogP contribution is -2.24. The van der Waals surface area contributed by atoms with Crippen molar-refractivity contribution >= 4 is 22.7 Å². The van der Waals surface area contributed by atoms with E-state index >= 15 is 0 Å². The van der Waals surface area contributed by atoms with E-state index in [1.807, 2.05) is 22.9 Å². The molecular formula is C21H23FN4O3. The molecular weight excluding hydrogens is 375 g/mol. The molecule has 0 spiro atoms. The highest BCUT2D eigenvalue weighted by atomic mass is 19.1. The number of fused-ring (bicyclic) bond motifs is 1. The van der Waals surface area contributed by atoms with E-state index in [0.29, 0.717) is 17.2 Å². The van der Waals surface area contributed by atoms with Gasteiger partial charge in [-0.2, -0.15) is 5.10 Å². The lowest BCUT2D eigenvalue weighted by Gasteiger charge is -2.09. The number of amides is 1. The molecule has 7 nitrogen and oxygen atoms in total. The standard InChI is InChI=1S/C21H23FN4O3/c1-14(2)13-26-19-8-5-16(11-17(19)12-24-26)20(15-3-6-18(22)7-4-15)25-29-10-9-23-21(27)28/h3-8,11-12,14,23H,9-10,13H2,1-2H3,(H,27,28)/b25-20-. The van der Waals surface area contributed by atoms with E-state index in [0.717, 1.165) is 23.0 Å². The second-order valence-electron chi connectivity index (χ2n) is 7.01. The van der Waals surface area contributed by atoms with Crippen LogP contribution in [0.3, 0.4) is 0 Å². The van der Waals surface area contributed by atoms with Crippen LogP contribution in [-0.4, -0.2) is 39.8 Å². The van der Waals surface area contributed by atoms with Crippen LogP contribution in [0.1, 0.15) is 25.0 Å². The molecule has 0 bridgehead atoms. The van der Waals surface area contributed by atoms with Crippen LogP contribution in [-0.2, 0) is 11.4 Å². The maximum absolute atomic E-state index is 13.3. The van der Waals surface area contributed by atoms with E-state index in [2.05, 4.69) is 29.4 Å². The molecule has 0 unspecified atom stereocenters. The summed E-state index contributed by atoms with van der Waals surface area (Å²) in [4.78, 5) is 15.8. The van der Waals surface area contributed by atoms with Gasteiger partial charge in [0, 0.05) is 23.1 Å². The molecule has 1 amide bonds. The molecule has 3 aromatic rings. The fraction of sp³-hybridized carbons (Fsp3) is 0.286. The third-order valence-electron chi connectivity index (χ3n) is 4.20. The second kappa shape index (κ2) is 9.18. The van der Waals surface area contributed by atoms with Gasteiger partial charge in [-0.05, 0) is 42.3 Å². The Balaban J connectivity index is 1.90. The monoisotopic (exact) mass is 398 g/mol. The lowest BCUT2D eigenvalue weighted by atomic mass is 10.0. The van der Waals surface area contributed by atoms with Crippen LogP contribution in [0.15, 0.2) is 53.8 Å². The van der Waals surface area contributed by atoms with Gasteiger partial charge in [-0.1, -0.05) is 25.1 Å². The van der Waals surface area contributed by atoms with Gasteiger partial charge in [-0.25, -0.2) is 9.18 Å². The molecule has 0 aliphatic heterocycles. The molecule has 0 aliphatic rings. The first-order valence-corrected chi connectivity index (χ1v) is 9.32. The van der Waals surface area contributed by atoms with Crippen LogP contribution in [0.25, 0.3) is 10.9 Å². The van der Waals surface area contributed by atoms with Gasteiger partial charge in [-0.3, -0.25) is 4.68 Å². The van der Waals surface area contributed by atoms with Crippen molar-refractivity contribution in [2.75, 3.05) is 13.2 Å². The number of halogens is 1. The van der Waals surface area contributed by atoms with Crippen molar-refractivity contribution < 1.29 is 19.1 Å². The van der Waals surface area contributed by atoms with E-state index in [1.54, 1.807) is 18.3 Å². The zero-order valence-corrected chi connectivity index (χ0v) is 16.3. The molecule has 0 saturated heterocycles. The molecule has 0 saturated carbocycles. The summed E-state index contributed by atoms with van der Waals surface area (Å²) in [5.74, 6) is 0.131.